The molecule has 0 N–H and O–H groups in total. The van der Waals surface area contributed by atoms with E-state index in [1.54, 1.807) is 0 Å². The van der Waals surface area contributed by atoms with Crippen LogP contribution in [0.15, 0.2) is 89.9 Å². The van der Waals surface area contributed by atoms with Crippen molar-refractivity contribution >= 4 is 36.0 Å². The smallest absolute Gasteiger partial charge is 0.790 e. The maximum atomic E-state index is 6.48. The second-order valence-corrected chi connectivity index (χ2v) is 20.2. The number of hydrogen-bond acceptors (Lipinski definition) is 2. The van der Waals surface area contributed by atoms with E-state index < -0.39 is 0 Å². The second kappa shape index (κ2) is 31.3. The Kier molecular flexibility index (Phi) is 31.5. The zero-order chi connectivity index (χ0) is 46.8. The Morgan fingerprint density at radius 3 is 1.13 bits per heavy atom. The molecule has 5 heteroatoms. The predicted molar refractivity (Wildman–Crippen MR) is 277 cm³/mol. The van der Waals surface area contributed by atoms with E-state index in [1.807, 2.05) is 46.4 Å². The minimum absolute atomic E-state index is 0. The van der Waals surface area contributed by atoms with E-state index >= 15 is 0 Å². The van der Waals surface area contributed by atoms with Crippen molar-refractivity contribution in [1.29, 1.82) is 0 Å². The number of nitrogens with zero attached hydrogens (tertiary/aromatic N) is 1. The van der Waals surface area contributed by atoms with Crippen LogP contribution in [0.1, 0.15) is 151 Å². The first kappa shape index (κ1) is 63.4. The van der Waals surface area contributed by atoms with Gasteiger partial charge in [0, 0.05) is 26.0 Å². The van der Waals surface area contributed by atoms with Gasteiger partial charge in [-0.1, -0.05) is 174 Å². The summed E-state index contributed by atoms with van der Waals surface area (Å²) in [6.45, 7) is 48.9. The monoisotopic (exact) mass is 1060 g/mol. The van der Waals surface area contributed by atoms with E-state index in [-0.39, 0.29) is 44.5 Å². The van der Waals surface area contributed by atoms with Crippen molar-refractivity contribution in [2.45, 2.75) is 155 Å². The summed E-state index contributed by atoms with van der Waals surface area (Å²) < 4.78 is 0. The van der Waals surface area contributed by atoms with Crippen LogP contribution >= 0.6 is 11.8 Å². The Balaban J connectivity index is 0. The van der Waals surface area contributed by atoms with Gasteiger partial charge in [0.2, 0.25) is 5.54 Å². The molecule has 1 nitrogen and oxygen atoms in total. The van der Waals surface area contributed by atoms with Crippen LogP contribution in [-0.2, 0) is 51.6 Å². The van der Waals surface area contributed by atoms with E-state index in [9.17, 15) is 0 Å². The van der Waals surface area contributed by atoms with Crippen LogP contribution in [0.4, 0.5) is 0 Å². The molecular formula is C58H77NRu2S2+2. The topological polar surface area (TPSA) is 4.36 Å². The van der Waals surface area contributed by atoms with Gasteiger partial charge in [0.1, 0.15) is 0 Å². The van der Waals surface area contributed by atoms with E-state index in [2.05, 4.69) is 218 Å². The first-order valence-electron chi connectivity index (χ1n) is 21.6. The molecule has 0 bridgehead atoms. The van der Waals surface area contributed by atoms with Crippen LogP contribution in [0.2, 0.25) is 0 Å². The largest absolute Gasteiger partial charge is 2.00 e. The maximum absolute atomic E-state index is 6.48. The third-order valence-corrected chi connectivity index (χ3v) is 11.9. The van der Waals surface area contributed by atoms with Gasteiger partial charge < -0.3 is 17.5 Å². The molecule has 0 atom stereocenters. The summed E-state index contributed by atoms with van der Waals surface area (Å²) in [6, 6.07) is 26.0. The Bertz CT molecular complexity index is 1690. The zero-order valence-corrected chi connectivity index (χ0v) is 47.4. The number of hydrogen-bond donors (Lipinski definition) is 0. The molecule has 2 aliphatic carbocycles. The summed E-state index contributed by atoms with van der Waals surface area (Å²) in [5.74, 6) is 14.7. The molecule has 0 unspecified atom stereocenters. The normalized spacial score (nSPS) is 16.9. The van der Waals surface area contributed by atoms with Crippen LogP contribution in [0.5, 0.6) is 0 Å². The number of thioether (sulfide) groups is 1. The molecule has 2 fully saturated rings. The van der Waals surface area contributed by atoms with Crippen LogP contribution < -0.4 is 0 Å². The van der Waals surface area contributed by atoms with Gasteiger partial charge in [0.25, 0.3) is 0 Å². The molecular weight excluding hydrogens is 977 g/mol. The second-order valence-electron chi connectivity index (χ2n) is 17.8. The third kappa shape index (κ3) is 23.6. The Hall–Kier alpha value is -1.68. The molecule has 0 heterocycles. The Labute approximate surface area is 426 Å². The van der Waals surface area contributed by atoms with Gasteiger partial charge in [0.15, 0.2) is 0 Å². The van der Waals surface area contributed by atoms with E-state index in [4.69, 9.17) is 6.57 Å². The molecule has 2 saturated carbocycles. The Morgan fingerprint density at radius 1 is 0.556 bits per heavy atom. The van der Waals surface area contributed by atoms with Crippen molar-refractivity contribution in [2.75, 3.05) is 0 Å². The predicted octanol–water partition coefficient (Wildman–Crippen LogP) is 17.2. The van der Waals surface area contributed by atoms with Gasteiger partial charge in [-0.25, -0.2) is 6.57 Å². The SMILES string of the molecule is CC(C)[S-].C[C]1[C](C)[C](C)[C](C)[C]1C.C[C]1[C](C)[C](C)[C](C)[C]1C.Cc1ccc([C-]=CC(=C/c2ccc(C)cc2)/C(=C\SC(C)C)c2ccc(C)cc2)cc1.[C-]#[N+]C(C)(C)C.[Ru+2].[Ru+2]. The first-order valence-corrected chi connectivity index (χ1v) is 23.0. The van der Waals surface area contributed by atoms with Crippen molar-refractivity contribution in [3.05, 3.63) is 200 Å². The summed E-state index contributed by atoms with van der Waals surface area (Å²) in [5.41, 5.74) is 9.50. The first-order chi connectivity index (χ1) is 28.3. The molecule has 3 aromatic rings. The minimum Gasteiger partial charge on any atom is -0.790 e. The number of rotatable bonds is 7. The van der Waals surface area contributed by atoms with E-state index in [0.717, 1.165) is 11.1 Å². The zero-order valence-electron chi connectivity index (χ0n) is 42.3. The van der Waals surface area contributed by atoms with Crippen LogP contribution in [0, 0.1) is 92.6 Å². The molecule has 0 amide bonds. The minimum atomic E-state index is -0.167. The van der Waals surface area contributed by atoms with Gasteiger partial charge in [-0.3, -0.25) is 0 Å². The Morgan fingerprint density at radius 2 is 0.841 bits per heavy atom. The van der Waals surface area contributed by atoms with Crippen molar-refractivity contribution in [3.8, 4) is 0 Å². The van der Waals surface area contributed by atoms with Gasteiger partial charge in [-0.15, -0.1) is 53.7 Å². The number of aryl methyl sites for hydroxylation is 3. The molecule has 0 aromatic heterocycles. The molecule has 3 aromatic carbocycles. The number of allylic oxidation sites excluding steroid dienone is 3. The van der Waals surface area contributed by atoms with Crippen LogP contribution in [0.25, 0.3) is 16.5 Å². The van der Waals surface area contributed by atoms with Crippen LogP contribution in [0.3, 0.4) is 0 Å². The summed E-state index contributed by atoms with van der Waals surface area (Å²) >= 11 is 6.47. The fourth-order valence-electron chi connectivity index (χ4n) is 5.90. The molecule has 10 radical (unpaired) electrons. The summed E-state index contributed by atoms with van der Waals surface area (Å²) in [7, 11) is 0. The molecule has 340 valence electrons. The summed E-state index contributed by atoms with van der Waals surface area (Å²) in [6.07, 6.45) is 7.89. The fourth-order valence-corrected chi connectivity index (χ4v) is 6.58. The number of benzene rings is 3. The average Bonchev–Trinajstić information content (AvgIpc) is 3.48. The van der Waals surface area contributed by atoms with Crippen LogP contribution in [-0.4, -0.2) is 16.0 Å². The maximum Gasteiger partial charge on any atom is 2.00 e. The molecule has 0 aliphatic heterocycles. The van der Waals surface area contributed by atoms with Gasteiger partial charge in [-0.05, 0) is 102 Å². The molecule has 0 spiro atoms. The van der Waals surface area contributed by atoms with Gasteiger partial charge in [0.05, 0.1) is 0 Å². The van der Waals surface area contributed by atoms with Gasteiger partial charge in [-0.2, -0.15) is 5.25 Å². The molecule has 2 aliphatic rings. The van der Waals surface area contributed by atoms with E-state index in [1.165, 1.54) is 92.6 Å². The van der Waals surface area contributed by atoms with Crippen molar-refractivity contribution in [3.63, 3.8) is 0 Å². The standard InChI is InChI=1S/C30H31S.2C10H15.C5H9N.C3H8S.2Ru/c1-22(2)31-21-30(28-17-10-25(5)11-18-28)29(20-27-14-8-24(4)9-15-27)19-16-26-12-6-23(3)7-13-26;2*1-6-7(2)9(4)10(5)8(6)3;1-5(2,3)6-4;1-3(2)4;;/h6-15,17-22H,1-5H3;2*1-5H3;1-3H3;3-4H,1-2H3;;/q-1;;;;;2*+2/p-1/b29-20-,30-21-;;;;;;. The summed E-state index contributed by atoms with van der Waals surface area (Å²) in [5, 5.41) is 3.23. The molecule has 5 rings (SSSR count). The molecule has 63 heavy (non-hydrogen) atoms. The third-order valence-electron chi connectivity index (χ3n) is 10.9. The van der Waals surface area contributed by atoms with Crippen molar-refractivity contribution in [2.24, 2.45) is 0 Å². The van der Waals surface area contributed by atoms with Crippen molar-refractivity contribution in [1.82, 2.24) is 0 Å². The average molecular weight is 1050 g/mol. The van der Waals surface area contributed by atoms with Crippen molar-refractivity contribution < 1.29 is 39.0 Å². The summed E-state index contributed by atoms with van der Waals surface area (Å²) in [4.78, 5) is 3.27. The van der Waals surface area contributed by atoms with E-state index in [0.29, 0.717) is 10.5 Å². The fraction of sp³-hybridized carbons (Fsp3) is 0.397. The van der Waals surface area contributed by atoms with Gasteiger partial charge >= 0.3 is 39.0 Å². The quantitative estimate of drug-likeness (QED) is 0.101. The molecule has 0 saturated heterocycles.